The minimum Gasteiger partial charge on any atom is -0.340 e. The van der Waals surface area contributed by atoms with Crippen LogP contribution in [0, 0.1) is 12.8 Å². The van der Waals surface area contributed by atoms with Crippen molar-refractivity contribution in [1.82, 2.24) is 14.9 Å². The van der Waals surface area contributed by atoms with Gasteiger partial charge in [-0.15, -0.1) is 0 Å². The van der Waals surface area contributed by atoms with Crippen LogP contribution in [0.2, 0.25) is 0 Å². The molecule has 1 radical (unpaired) electrons. The molecular formula is C21H26N3O2. The maximum Gasteiger partial charge on any atom is 0.223 e. The van der Waals surface area contributed by atoms with E-state index < -0.39 is 0 Å². The van der Waals surface area contributed by atoms with Crippen LogP contribution in [0.25, 0.3) is 11.3 Å². The molecule has 1 aliphatic rings. The standard InChI is InChI=1S/C21H26N3O2/c1-14(2)11-20(26)24-10-4-5-19(24)21-22-13-18(23-21)17-8-6-16(7-9-17)12-15(3)25/h6-9,13-14,19H,1,4-5,10-12H2,2-3H3,(H,22,23). The molecule has 2 aromatic rings. The van der Waals surface area contributed by atoms with Crippen LogP contribution in [-0.2, 0) is 16.0 Å². The Labute approximate surface area is 154 Å². The minimum absolute atomic E-state index is 0.0204. The fourth-order valence-corrected chi connectivity index (χ4v) is 3.51. The van der Waals surface area contributed by atoms with Gasteiger partial charge in [0, 0.05) is 19.4 Å². The van der Waals surface area contributed by atoms with Crippen LogP contribution < -0.4 is 0 Å². The van der Waals surface area contributed by atoms with Crippen molar-refractivity contribution in [2.75, 3.05) is 6.54 Å². The summed E-state index contributed by atoms with van der Waals surface area (Å²) in [6.45, 7) is 8.27. The molecule has 3 rings (SSSR count). The van der Waals surface area contributed by atoms with E-state index in [9.17, 15) is 9.59 Å². The summed E-state index contributed by atoms with van der Waals surface area (Å²) in [4.78, 5) is 33.5. The first-order valence-corrected chi connectivity index (χ1v) is 9.20. The van der Waals surface area contributed by atoms with Gasteiger partial charge in [-0.2, -0.15) is 0 Å². The molecule has 0 aliphatic carbocycles. The molecule has 5 nitrogen and oxygen atoms in total. The van der Waals surface area contributed by atoms with Crippen molar-refractivity contribution in [1.29, 1.82) is 0 Å². The first-order valence-electron chi connectivity index (χ1n) is 9.20. The van der Waals surface area contributed by atoms with E-state index in [4.69, 9.17) is 0 Å². The van der Waals surface area contributed by atoms with Gasteiger partial charge in [-0.3, -0.25) is 9.59 Å². The normalized spacial score (nSPS) is 17.1. The van der Waals surface area contributed by atoms with Crippen LogP contribution in [-0.4, -0.2) is 33.1 Å². The quantitative estimate of drug-likeness (QED) is 0.861. The number of H-pyrrole nitrogens is 1. The summed E-state index contributed by atoms with van der Waals surface area (Å²) in [7, 11) is 0. The predicted octanol–water partition coefficient (Wildman–Crippen LogP) is 3.73. The number of carbonyl (C=O) groups excluding carboxylic acids is 2. The number of rotatable bonds is 6. The highest BCUT2D eigenvalue weighted by Gasteiger charge is 2.31. The van der Waals surface area contributed by atoms with Crippen LogP contribution >= 0.6 is 0 Å². The number of benzene rings is 1. The van der Waals surface area contributed by atoms with Gasteiger partial charge in [-0.1, -0.05) is 31.2 Å². The van der Waals surface area contributed by atoms with Crippen LogP contribution in [0.3, 0.4) is 0 Å². The molecule has 1 aromatic heterocycles. The number of hydrogen-bond acceptors (Lipinski definition) is 3. The fraction of sp³-hybridized carbons (Fsp3) is 0.429. The number of amides is 1. The van der Waals surface area contributed by atoms with Gasteiger partial charge < -0.3 is 9.88 Å². The molecular weight excluding hydrogens is 326 g/mol. The Kier molecular flexibility index (Phi) is 5.55. The molecule has 1 amide bonds. The number of aromatic amines is 1. The second kappa shape index (κ2) is 7.85. The molecule has 2 atom stereocenters. The van der Waals surface area contributed by atoms with Gasteiger partial charge in [-0.05, 0) is 43.7 Å². The number of ketones is 1. The Hall–Kier alpha value is -2.43. The lowest BCUT2D eigenvalue weighted by Gasteiger charge is -2.24. The Bertz CT molecular complexity index is 777. The zero-order valence-electron chi connectivity index (χ0n) is 15.5. The molecule has 1 aliphatic heterocycles. The number of Topliss-reactive ketones (excluding diaryl/α,β-unsaturated/α-hetero) is 1. The van der Waals surface area contributed by atoms with E-state index in [1.165, 1.54) is 0 Å². The van der Waals surface area contributed by atoms with E-state index in [-0.39, 0.29) is 23.7 Å². The summed E-state index contributed by atoms with van der Waals surface area (Å²) in [5, 5.41) is 0. The maximum absolute atomic E-state index is 12.5. The topological polar surface area (TPSA) is 66.1 Å². The fourth-order valence-electron chi connectivity index (χ4n) is 3.51. The molecule has 1 aromatic carbocycles. The van der Waals surface area contributed by atoms with Gasteiger partial charge in [0.2, 0.25) is 5.91 Å². The zero-order chi connectivity index (χ0) is 18.7. The number of hydrogen-bond donors (Lipinski definition) is 1. The van der Waals surface area contributed by atoms with E-state index >= 15 is 0 Å². The van der Waals surface area contributed by atoms with Gasteiger partial charge in [0.25, 0.3) is 0 Å². The average Bonchev–Trinajstić information content (AvgIpc) is 3.23. The zero-order valence-corrected chi connectivity index (χ0v) is 15.5. The molecule has 5 heteroatoms. The van der Waals surface area contributed by atoms with Crippen molar-refractivity contribution in [3.8, 4) is 11.3 Å². The van der Waals surface area contributed by atoms with Crippen LogP contribution in [0.15, 0.2) is 30.5 Å². The lowest BCUT2D eigenvalue weighted by atomic mass is 10.1. The summed E-state index contributed by atoms with van der Waals surface area (Å²) < 4.78 is 0. The molecule has 0 spiro atoms. The molecule has 26 heavy (non-hydrogen) atoms. The first-order chi connectivity index (χ1) is 12.4. The lowest BCUT2D eigenvalue weighted by Crippen LogP contribution is -2.31. The van der Waals surface area contributed by atoms with Crippen LogP contribution in [0.1, 0.15) is 50.5 Å². The number of likely N-dealkylation sites (tertiary alicyclic amines) is 1. The van der Waals surface area contributed by atoms with Gasteiger partial charge in [0.15, 0.2) is 0 Å². The Morgan fingerprint density at radius 2 is 2.08 bits per heavy atom. The minimum atomic E-state index is 0.0204. The van der Waals surface area contributed by atoms with Gasteiger partial charge in [0.05, 0.1) is 17.9 Å². The molecule has 0 bridgehead atoms. The summed E-state index contributed by atoms with van der Waals surface area (Å²) in [5.41, 5.74) is 2.97. The molecule has 1 fully saturated rings. The summed E-state index contributed by atoms with van der Waals surface area (Å²) in [6.07, 6.45) is 4.68. The van der Waals surface area contributed by atoms with Crippen molar-refractivity contribution in [3.63, 3.8) is 0 Å². The number of nitrogens with zero attached hydrogens (tertiary/aromatic N) is 2. The van der Waals surface area contributed by atoms with Crippen molar-refractivity contribution in [3.05, 3.63) is 48.8 Å². The Balaban J connectivity index is 1.74. The molecule has 0 saturated carbocycles. The summed E-state index contributed by atoms with van der Waals surface area (Å²) in [5.74, 6) is 1.27. The van der Waals surface area contributed by atoms with E-state index in [2.05, 4.69) is 16.9 Å². The number of imidazole rings is 1. The third kappa shape index (κ3) is 4.21. The SMILES string of the molecule is [CH2]C(C)CC(=O)N1CCCC1c1ncc(-c2ccc(CC(C)=O)cc2)[nH]1. The largest absolute Gasteiger partial charge is 0.340 e. The third-order valence-corrected chi connectivity index (χ3v) is 4.73. The van der Waals surface area contributed by atoms with Crippen molar-refractivity contribution in [2.45, 2.75) is 45.6 Å². The summed E-state index contributed by atoms with van der Waals surface area (Å²) >= 11 is 0. The number of carbonyl (C=O) groups is 2. The molecule has 137 valence electrons. The van der Waals surface area contributed by atoms with Crippen molar-refractivity contribution >= 4 is 11.7 Å². The van der Waals surface area contributed by atoms with E-state index in [0.29, 0.717) is 12.8 Å². The lowest BCUT2D eigenvalue weighted by molar-refractivity contribution is -0.132. The van der Waals surface area contributed by atoms with Crippen LogP contribution in [0.5, 0.6) is 0 Å². The number of aromatic nitrogens is 2. The molecule has 1 N–H and O–H groups in total. The van der Waals surface area contributed by atoms with Gasteiger partial charge >= 0.3 is 0 Å². The van der Waals surface area contributed by atoms with Crippen molar-refractivity contribution in [2.24, 2.45) is 5.92 Å². The monoisotopic (exact) mass is 352 g/mol. The average molecular weight is 352 g/mol. The second-order valence-electron chi connectivity index (χ2n) is 7.31. The van der Waals surface area contributed by atoms with Crippen LogP contribution in [0.4, 0.5) is 0 Å². The predicted molar refractivity (Wildman–Crippen MR) is 101 cm³/mol. The highest BCUT2D eigenvalue weighted by atomic mass is 16.2. The van der Waals surface area contributed by atoms with E-state index in [1.54, 1.807) is 6.92 Å². The highest BCUT2D eigenvalue weighted by Crippen LogP contribution is 2.32. The second-order valence-corrected chi connectivity index (χ2v) is 7.31. The number of nitrogens with one attached hydrogen (secondary N) is 1. The Morgan fingerprint density at radius 3 is 2.73 bits per heavy atom. The van der Waals surface area contributed by atoms with Gasteiger partial charge in [-0.25, -0.2) is 4.98 Å². The summed E-state index contributed by atoms with van der Waals surface area (Å²) in [6, 6.07) is 7.96. The van der Waals surface area contributed by atoms with E-state index in [1.807, 2.05) is 42.3 Å². The highest BCUT2D eigenvalue weighted by molar-refractivity contribution is 5.78. The smallest absolute Gasteiger partial charge is 0.223 e. The molecule has 2 heterocycles. The maximum atomic E-state index is 12.5. The van der Waals surface area contributed by atoms with Gasteiger partial charge in [0.1, 0.15) is 11.6 Å². The van der Waals surface area contributed by atoms with Crippen molar-refractivity contribution < 1.29 is 9.59 Å². The third-order valence-electron chi connectivity index (χ3n) is 4.73. The first kappa shape index (κ1) is 18.4. The Morgan fingerprint density at radius 1 is 1.35 bits per heavy atom. The molecule has 2 unspecified atom stereocenters. The molecule has 1 saturated heterocycles. The van der Waals surface area contributed by atoms with E-state index in [0.717, 1.165) is 42.0 Å².